The molecule has 1 aliphatic heterocycles. The zero-order valence-electron chi connectivity index (χ0n) is 10.5. The highest BCUT2D eigenvalue weighted by Crippen LogP contribution is 2.28. The summed E-state index contributed by atoms with van der Waals surface area (Å²) in [5.41, 5.74) is 1.44. The average Bonchev–Trinajstić information content (AvgIpc) is 3.11. The van der Waals surface area contributed by atoms with Gasteiger partial charge in [-0.05, 0) is 0 Å². The Kier molecular flexibility index (Phi) is 2.49. The Morgan fingerprint density at radius 1 is 1.40 bits per heavy atom. The monoisotopic (exact) mass is 275 g/mol. The summed E-state index contributed by atoms with van der Waals surface area (Å²) in [4.78, 5) is 12.7. The molecule has 0 aromatic carbocycles. The zero-order valence-corrected chi connectivity index (χ0v) is 10.5. The van der Waals surface area contributed by atoms with Gasteiger partial charge in [0.25, 0.3) is 0 Å². The van der Waals surface area contributed by atoms with Gasteiger partial charge in [0.15, 0.2) is 5.65 Å². The standard InChI is InChI=1S/C12H13N5O3/c18-5-9-8(19)3-10(20-9)16-4-7-11(14-6-16)15-12-13-1-2-17(7)12/h1-2,4,6,8-10,18-19H,3,5H2/t8-,9+,10+/m0/s1. The summed E-state index contributed by atoms with van der Waals surface area (Å²) in [7, 11) is 0. The molecule has 4 heterocycles. The van der Waals surface area contributed by atoms with E-state index in [0.717, 1.165) is 5.52 Å². The maximum Gasteiger partial charge on any atom is 0.236 e. The molecule has 1 saturated heterocycles. The molecule has 8 nitrogen and oxygen atoms in total. The Hall–Kier alpha value is -2.03. The van der Waals surface area contributed by atoms with Gasteiger partial charge in [-0.3, -0.25) is 4.40 Å². The van der Waals surface area contributed by atoms with E-state index in [9.17, 15) is 5.11 Å². The van der Waals surface area contributed by atoms with Crippen molar-refractivity contribution in [2.24, 2.45) is 0 Å². The number of aromatic nitrogens is 5. The fourth-order valence-corrected chi connectivity index (χ4v) is 2.56. The van der Waals surface area contributed by atoms with Crippen LogP contribution in [0, 0.1) is 0 Å². The van der Waals surface area contributed by atoms with Crippen molar-refractivity contribution in [2.75, 3.05) is 6.61 Å². The van der Waals surface area contributed by atoms with Crippen LogP contribution in [-0.2, 0) is 4.74 Å². The minimum atomic E-state index is -0.667. The first kappa shape index (κ1) is 11.8. The lowest BCUT2D eigenvalue weighted by atomic mass is 10.2. The second-order valence-corrected chi connectivity index (χ2v) is 4.85. The number of hydrogen-bond acceptors (Lipinski definition) is 6. The molecular weight excluding hydrogens is 262 g/mol. The lowest BCUT2D eigenvalue weighted by molar-refractivity contribution is -0.0446. The summed E-state index contributed by atoms with van der Waals surface area (Å²) in [6.07, 6.45) is 5.84. The quantitative estimate of drug-likeness (QED) is 0.667. The number of hydrogen-bond donors (Lipinski definition) is 2. The van der Waals surface area contributed by atoms with Gasteiger partial charge in [-0.1, -0.05) is 0 Å². The van der Waals surface area contributed by atoms with E-state index >= 15 is 0 Å². The lowest BCUT2D eigenvalue weighted by Gasteiger charge is -2.14. The topological polar surface area (TPSA) is 97.7 Å². The van der Waals surface area contributed by atoms with E-state index in [0.29, 0.717) is 17.8 Å². The summed E-state index contributed by atoms with van der Waals surface area (Å²) >= 11 is 0. The van der Waals surface area contributed by atoms with Crippen molar-refractivity contribution in [1.29, 1.82) is 0 Å². The number of aliphatic hydroxyl groups excluding tert-OH is 2. The predicted octanol–water partition coefficient (Wildman–Crippen LogP) is -0.280. The van der Waals surface area contributed by atoms with E-state index in [2.05, 4.69) is 15.0 Å². The van der Waals surface area contributed by atoms with Gasteiger partial charge in [0, 0.05) is 25.0 Å². The number of imidazole rings is 2. The molecule has 4 rings (SSSR count). The van der Waals surface area contributed by atoms with E-state index in [4.69, 9.17) is 9.84 Å². The van der Waals surface area contributed by atoms with Gasteiger partial charge in [-0.25, -0.2) is 9.97 Å². The number of fused-ring (bicyclic) bond motifs is 3. The molecule has 0 spiro atoms. The van der Waals surface area contributed by atoms with Crippen molar-refractivity contribution in [3.05, 3.63) is 24.9 Å². The van der Waals surface area contributed by atoms with Crippen molar-refractivity contribution in [1.82, 2.24) is 23.9 Å². The Morgan fingerprint density at radius 3 is 3.10 bits per heavy atom. The van der Waals surface area contributed by atoms with Crippen LogP contribution in [0.5, 0.6) is 0 Å². The van der Waals surface area contributed by atoms with Crippen LogP contribution < -0.4 is 0 Å². The highest BCUT2D eigenvalue weighted by atomic mass is 16.5. The minimum absolute atomic E-state index is 0.197. The summed E-state index contributed by atoms with van der Waals surface area (Å²) in [6.45, 7) is -0.197. The number of rotatable bonds is 2. The number of ether oxygens (including phenoxy) is 1. The van der Waals surface area contributed by atoms with E-state index < -0.39 is 12.2 Å². The van der Waals surface area contributed by atoms with Gasteiger partial charge in [0.2, 0.25) is 5.78 Å². The fourth-order valence-electron chi connectivity index (χ4n) is 2.56. The predicted molar refractivity (Wildman–Crippen MR) is 67.9 cm³/mol. The molecule has 0 unspecified atom stereocenters. The molecule has 3 atom stereocenters. The molecule has 1 aliphatic rings. The zero-order chi connectivity index (χ0) is 13.7. The van der Waals surface area contributed by atoms with Gasteiger partial charge >= 0.3 is 0 Å². The highest BCUT2D eigenvalue weighted by Gasteiger charge is 2.34. The average molecular weight is 275 g/mol. The van der Waals surface area contributed by atoms with Gasteiger partial charge in [0.1, 0.15) is 17.8 Å². The largest absolute Gasteiger partial charge is 0.394 e. The second-order valence-electron chi connectivity index (χ2n) is 4.85. The second kappa shape index (κ2) is 4.23. The molecule has 0 radical (unpaired) electrons. The van der Waals surface area contributed by atoms with Crippen molar-refractivity contribution in [2.45, 2.75) is 24.9 Å². The Bertz CT molecular complexity index is 767. The van der Waals surface area contributed by atoms with Crippen LogP contribution in [-0.4, -0.2) is 52.9 Å². The first-order valence-corrected chi connectivity index (χ1v) is 6.37. The summed E-state index contributed by atoms with van der Waals surface area (Å²) in [5, 5.41) is 18.9. The van der Waals surface area contributed by atoms with Crippen LogP contribution in [0.15, 0.2) is 24.9 Å². The number of nitrogens with zero attached hydrogens (tertiary/aromatic N) is 5. The third kappa shape index (κ3) is 1.62. The van der Waals surface area contributed by atoms with E-state index in [1.165, 1.54) is 0 Å². The van der Waals surface area contributed by atoms with Crippen LogP contribution in [0.1, 0.15) is 12.6 Å². The Balaban J connectivity index is 1.76. The van der Waals surface area contributed by atoms with Crippen molar-refractivity contribution in [3.63, 3.8) is 0 Å². The Morgan fingerprint density at radius 2 is 2.30 bits per heavy atom. The molecule has 1 fully saturated rings. The fraction of sp³-hybridized carbons (Fsp3) is 0.417. The molecule has 0 saturated carbocycles. The minimum Gasteiger partial charge on any atom is -0.394 e. The third-order valence-electron chi connectivity index (χ3n) is 3.62. The van der Waals surface area contributed by atoms with Crippen LogP contribution in [0.2, 0.25) is 0 Å². The number of aliphatic hydroxyl groups is 2. The normalized spacial score (nSPS) is 26.8. The molecule has 0 aliphatic carbocycles. The van der Waals surface area contributed by atoms with Crippen LogP contribution >= 0.6 is 0 Å². The van der Waals surface area contributed by atoms with E-state index in [-0.39, 0.29) is 12.8 Å². The van der Waals surface area contributed by atoms with Gasteiger partial charge in [-0.15, -0.1) is 0 Å². The first-order chi connectivity index (χ1) is 9.76. The summed E-state index contributed by atoms with van der Waals surface area (Å²) < 4.78 is 9.23. The van der Waals surface area contributed by atoms with Crippen molar-refractivity contribution in [3.8, 4) is 0 Å². The molecule has 20 heavy (non-hydrogen) atoms. The molecule has 0 amide bonds. The van der Waals surface area contributed by atoms with Crippen LogP contribution in [0.3, 0.4) is 0 Å². The van der Waals surface area contributed by atoms with Gasteiger partial charge < -0.3 is 19.5 Å². The van der Waals surface area contributed by atoms with Crippen LogP contribution in [0.25, 0.3) is 16.9 Å². The smallest absolute Gasteiger partial charge is 0.236 e. The van der Waals surface area contributed by atoms with Gasteiger partial charge in [0.05, 0.1) is 19.0 Å². The molecule has 2 N–H and O–H groups in total. The van der Waals surface area contributed by atoms with Crippen molar-refractivity contribution < 1.29 is 14.9 Å². The molecule has 104 valence electrons. The molecule has 3 aromatic rings. The lowest BCUT2D eigenvalue weighted by Crippen LogP contribution is -2.24. The van der Waals surface area contributed by atoms with E-state index in [1.807, 2.05) is 16.8 Å². The van der Waals surface area contributed by atoms with Crippen molar-refractivity contribution >= 4 is 16.9 Å². The summed E-state index contributed by atoms with van der Waals surface area (Å²) in [5.74, 6) is 0.603. The molecule has 3 aromatic heterocycles. The maximum absolute atomic E-state index is 9.79. The van der Waals surface area contributed by atoms with Gasteiger partial charge in [-0.2, -0.15) is 4.98 Å². The molecular formula is C12H13N5O3. The van der Waals surface area contributed by atoms with E-state index in [1.54, 1.807) is 17.1 Å². The maximum atomic E-state index is 9.79. The molecule has 0 bridgehead atoms. The summed E-state index contributed by atoms with van der Waals surface area (Å²) in [6, 6.07) is 0. The third-order valence-corrected chi connectivity index (χ3v) is 3.62. The molecule has 8 heteroatoms. The Labute approximate surface area is 113 Å². The highest BCUT2D eigenvalue weighted by molar-refractivity contribution is 5.74. The first-order valence-electron chi connectivity index (χ1n) is 6.37. The SMILES string of the molecule is OC[C@H]1O[C@@H](n2cnc3nc4nccn4c3c2)C[C@@H]1O. The van der Waals surface area contributed by atoms with Crippen LogP contribution in [0.4, 0.5) is 0 Å².